The van der Waals surface area contributed by atoms with Crippen LogP contribution < -0.4 is 31.6 Å². The Labute approximate surface area is 427 Å². The Morgan fingerprint density at radius 1 is 0.581 bits per heavy atom. The fourth-order valence-electron chi connectivity index (χ4n) is 7.32. The van der Waals surface area contributed by atoms with Crippen LogP contribution in [0, 0.1) is 0 Å². The van der Waals surface area contributed by atoms with E-state index >= 15 is 0 Å². The summed E-state index contributed by atoms with van der Waals surface area (Å²) < 4.78 is 94.7. The lowest BCUT2D eigenvalue weighted by Gasteiger charge is -2.13. The van der Waals surface area contributed by atoms with Crippen molar-refractivity contribution in [2.45, 2.75) is 25.6 Å². The summed E-state index contributed by atoms with van der Waals surface area (Å²) in [5.74, 6) is -1.88. The van der Waals surface area contributed by atoms with Gasteiger partial charge < -0.3 is 41.4 Å². The van der Waals surface area contributed by atoms with Crippen LogP contribution in [0.5, 0.6) is 11.5 Å². The summed E-state index contributed by atoms with van der Waals surface area (Å²) in [5.41, 5.74) is 12.6. The predicted octanol–water partition coefficient (Wildman–Crippen LogP) is 8.15. The van der Waals surface area contributed by atoms with Gasteiger partial charge in [0.05, 0.1) is 33.2 Å². The van der Waals surface area contributed by atoms with Crippen LogP contribution in [-0.4, -0.2) is 107 Å². The molecule has 0 spiro atoms. The first kappa shape index (κ1) is 54.0. The average molecular weight is 1060 g/mol. The lowest BCUT2D eigenvalue weighted by atomic mass is 10.1. The van der Waals surface area contributed by atoms with E-state index in [0.29, 0.717) is 69.4 Å². The number of primary amides is 2. The summed E-state index contributed by atoms with van der Waals surface area (Å²) >= 11 is 2.04. The van der Waals surface area contributed by atoms with E-state index in [4.69, 9.17) is 20.9 Å². The molecule has 8 aromatic rings. The van der Waals surface area contributed by atoms with Crippen LogP contribution in [0.2, 0.25) is 0 Å². The molecule has 0 bridgehead atoms. The molecule has 6 N–H and O–H groups in total. The number of rotatable bonds is 18. The SMILES string of the molecule is CN(C)CCNC(=O)c1ccc2c(c1)ncn2-c1cc(OCc2ccccc2C(F)(F)F)c(C(N)=O)s1.CN(C)CCNC(=O)c1ccc2ncn(-c3cc(OCc4ccccc4C(F)(F)F)c(C(N)=O)s3)c2c1. The number of nitrogens with two attached hydrogens (primary N) is 2. The molecule has 74 heavy (non-hydrogen) atoms. The number of fused-ring (bicyclic) bond motifs is 2. The molecular formula is C50H48F6N10O6S2. The quantitative estimate of drug-likeness (QED) is 0.0607. The zero-order valence-electron chi connectivity index (χ0n) is 40.0. The van der Waals surface area contributed by atoms with E-state index in [1.807, 2.05) is 38.0 Å². The maximum Gasteiger partial charge on any atom is 0.416 e. The Balaban J connectivity index is 0.000000216. The van der Waals surface area contributed by atoms with E-state index < -0.39 is 48.5 Å². The van der Waals surface area contributed by atoms with E-state index in [2.05, 4.69) is 20.6 Å². The Morgan fingerprint density at radius 2 is 1.01 bits per heavy atom. The molecule has 0 aliphatic carbocycles. The number of hydrogen-bond donors (Lipinski definition) is 4. The molecule has 0 radical (unpaired) electrons. The third-order valence-electron chi connectivity index (χ3n) is 11.0. The normalized spacial score (nSPS) is 11.7. The molecule has 24 heteroatoms. The first-order valence-electron chi connectivity index (χ1n) is 22.3. The number of hydrogen-bond acceptors (Lipinski definition) is 12. The first-order valence-corrected chi connectivity index (χ1v) is 24.0. The summed E-state index contributed by atoms with van der Waals surface area (Å²) in [4.78, 5) is 61.9. The molecule has 4 aromatic carbocycles. The van der Waals surface area contributed by atoms with Crippen LogP contribution in [-0.2, 0) is 25.6 Å². The van der Waals surface area contributed by atoms with Crippen LogP contribution >= 0.6 is 22.7 Å². The van der Waals surface area contributed by atoms with Crippen LogP contribution in [0.25, 0.3) is 32.1 Å². The molecule has 4 amide bonds. The van der Waals surface area contributed by atoms with Crippen molar-refractivity contribution in [3.8, 4) is 21.5 Å². The highest BCUT2D eigenvalue weighted by Crippen LogP contribution is 2.38. The van der Waals surface area contributed by atoms with Crippen LogP contribution in [0.4, 0.5) is 26.3 Å². The van der Waals surface area contributed by atoms with Gasteiger partial charge in [0.2, 0.25) is 0 Å². The molecule has 0 atom stereocenters. The fraction of sp³-hybridized carbons (Fsp3) is 0.240. The summed E-state index contributed by atoms with van der Waals surface area (Å²) in [6, 6.07) is 23.3. The van der Waals surface area contributed by atoms with Gasteiger partial charge >= 0.3 is 12.4 Å². The fourth-order valence-corrected chi connectivity index (χ4v) is 9.20. The van der Waals surface area contributed by atoms with E-state index in [-0.39, 0.29) is 44.2 Å². The van der Waals surface area contributed by atoms with Crippen LogP contribution in [0.3, 0.4) is 0 Å². The Bertz CT molecular complexity index is 3330. The zero-order chi connectivity index (χ0) is 53.5. The number of imidazole rings is 2. The highest BCUT2D eigenvalue weighted by molar-refractivity contribution is 7.17. The van der Waals surface area contributed by atoms with Crippen molar-refractivity contribution in [2.75, 3.05) is 54.4 Å². The molecule has 0 aliphatic heterocycles. The van der Waals surface area contributed by atoms with Crippen molar-refractivity contribution >= 4 is 68.4 Å². The number of benzene rings is 4. The second kappa shape index (κ2) is 23.0. The topological polar surface area (TPSA) is 205 Å². The molecule has 4 aromatic heterocycles. The Kier molecular flexibility index (Phi) is 16.7. The van der Waals surface area contributed by atoms with E-state index in [1.165, 1.54) is 61.2 Å². The van der Waals surface area contributed by atoms with Gasteiger partial charge in [-0.1, -0.05) is 36.4 Å². The van der Waals surface area contributed by atoms with Crippen molar-refractivity contribution in [1.29, 1.82) is 0 Å². The van der Waals surface area contributed by atoms with Gasteiger partial charge in [-0.25, -0.2) is 9.97 Å². The third-order valence-corrected chi connectivity index (χ3v) is 13.3. The maximum absolute atomic E-state index is 13.3. The highest BCUT2D eigenvalue weighted by Gasteiger charge is 2.34. The van der Waals surface area contributed by atoms with Gasteiger partial charge in [-0.15, -0.1) is 22.7 Å². The largest absolute Gasteiger partial charge is 0.487 e. The van der Waals surface area contributed by atoms with Gasteiger partial charge in [0.15, 0.2) is 0 Å². The van der Waals surface area contributed by atoms with Gasteiger partial charge in [-0.3, -0.25) is 28.3 Å². The molecule has 0 saturated carbocycles. The van der Waals surface area contributed by atoms with Gasteiger partial charge in [0.25, 0.3) is 23.6 Å². The lowest BCUT2D eigenvalue weighted by Crippen LogP contribution is -2.31. The number of thiophene rings is 2. The first-order chi connectivity index (χ1) is 35.1. The molecule has 4 heterocycles. The summed E-state index contributed by atoms with van der Waals surface area (Å²) in [6.07, 6.45) is -6.03. The van der Waals surface area contributed by atoms with Gasteiger partial charge in [0.1, 0.15) is 57.1 Å². The molecule has 0 unspecified atom stereocenters. The summed E-state index contributed by atoms with van der Waals surface area (Å²) in [5, 5.41) is 6.73. The maximum atomic E-state index is 13.3. The minimum absolute atomic E-state index is 0.0546. The van der Waals surface area contributed by atoms with Gasteiger partial charge in [0, 0.05) is 60.6 Å². The third kappa shape index (κ3) is 13.0. The Hall–Kier alpha value is -7.80. The second-order valence-electron chi connectivity index (χ2n) is 16.9. The number of amides is 4. The molecule has 0 fully saturated rings. The predicted molar refractivity (Wildman–Crippen MR) is 268 cm³/mol. The van der Waals surface area contributed by atoms with Crippen molar-refractivity contribution in [2.24, 2.45) is 11.5 Å². The lowest BCUT2D eigenvalue weighted by molar-refractivity contribution is -0.139. The van der Waals surface area contributed by atoms with Gasteiger partial charge in [-0.05, 0) is 76.7 Å². The number of aromatic nitrogens is 4. The summed E-state index contributed by atoms with van der Waals surface area (Å²) in [7, 11) is 7.64. The minimum atomic E-state index is -4.54. The van der Waals surface area contributed by atoms with E-state index in [0.717, 1.165) is 34.8 Å². The standard InChI is InChI=1S/2C25H24F3N5O3S/c1-32(2)10-9-30-24(35)15-7-8-19-18(11-15)31-14-33(19)21-12-20(22(37-21)23(29)34)36-13-16-5-3-4-6-17(16)25(26,27)28;1-32(2)10-9-30-24(35)15-7-8-18-19(11-15)33(14-31-18)21-12-20(22(37-21)23(29)34)36-13-16-5-3-4-6-17(16)25(26,27)28/h2*3-8,11-12,14H,9-10,13H2,1-2H3,(H2,29,34)(H,30,35). The van der Waals surface area contributed by atoms with Crippen LogP contribution in [0.15, 0.2) is 110 Å². The number of nitrogens with one attached hydrogen (secondary N) is 2. The number of carbonyl (C=O) groups is 4. The smallest absolute Gasteiger partial charge is 0.416 e. The molecule has 388 valence electrons. The van der Waals surface area contributed by atoms with Crippen molar-refractivity contribution in [3.05, 3.63) is 153 Å². The average Bonchev–Trinajstić information content (AvgIpc) is 4.17. The zero-order valence-corrected chi connectivity index (χ0v) is 41.6. The molecule has 8 rings (SSSR count). The summed E-state index contributed by atoms with van der Waals surface area (Å²) in [6.45, 7) is 1.56. The van der Waals surface area contributed by atoms with Gasteiger partial charge in [-0.2, -0.15) is 26.3 Å². The molecule has 16 nitrogen and oxygen atoms in total. The molecule has 0 aliphatic rings. The molecule has 0 saturated heterocycles. The number of ether oxygens (including phenoxy) is 2. The van der Waals surface area contributed by atoms with E-state index in [9.17, 15) is 45.5 Å². The number of carbonyl (C=O) groups excluding carboxylic acids is 4. The highest BCUT2D eigenvalue weighted by atomic mass is 32.1. The second-order valence-corrected chi connectivity index (χ2v) is 19.0. The number of halogens is 6. The monoisotopic (exact) mass is 1060 g/mol. The number of nitrogens with zero attached hydrogens (tertiary/aromatic N) is 6. The number of alkyl halides is 6. The van der Waals surface area contributed by atoms with Crippen molar-refractivity contribution < 1.29 is 55.0 Å². The van der Waals surface area contributed by atoms with Crippen molar-refractivity contribution in [3.63, 3.8) is 0 Å². The van der Waals surface area contributed by atoms with E-state index in [1.54, 1.807) is 45.5 Å². The number of likely N-dealkylation sites (N-methyl/N-ethyl adjacent to an activating group) is 2. The van der Waals surface area contributed by atoms with Crippen molar-refractivity contribution in [1.82, 2.24) is 39.5 Å². The Morgan fingerprint density at radius 3 is 1.47 bits per heavy atom. The van der Waals surface area contributed by atoms with Crippen LogP contribution in [0.1, 0.15) is 62.3 Å². The molecular weight excluding hydrogens is 1010 g/mol. The minimum Gasteiger partial charge on any atom is -0.487 e.